The fourth-order valence-electron chi connectivity index (χ4n) is 2.92. The van der Waals surface area contributed by atoms with E-state index < -0.39 is 0 Å². The Kier molecular flexibility index (Phi) is 6.70. The van der Waals surface area contributed by atoms with Crippen LogP contribution in [0.25, 0.3) is 0 Å². The molecule has 0 heterocycles. The Morgan fingerprint density at radius 2 is 1.53 bits per heavy atom. The number of hydrogen-bond acceptors (Lipinski definition) is 4. The van der Waals surface area contributed by atoms with Crippen LogP contribution in [0.3, 0.4) is 0 Å². The topological polar surface area (TPSA) is 70.7 Å². The summed E-state index contributed by atoms with van der Waals surface area (Å²) in [5.74, 6) is 0.124. The molecule has 0 saturated heterocycles. The Balaban J connectivity index is 1.67. The highest BCUT2D eigenvalue weighted by Gasteiger charge is 2.14. The molecule has 0 aromatic heterocycles. The van der Waals surface area contributed by atoms with E-state index in [4.69, 9.17) is 4.74 Å². The molecule has 0 spiro atoms. The number of hydrogen-bond donors (Lipinski definition) is 2. The van der Waals surface area contributed by atoms with Crippen molar-refractivity contribution in [1.82, 2.24) is 5.32 Å². The molecule has 0 saturated carbocycles. The molecule has 0 unspecified atom stereocenters. The number of anilines is 2. The van der Waals surface area contributed by atoms with Gasteiger partial charge in [-0.05, 0) is 54.1 Å². The van der Waals surface area contributed by atoms with Gasteiger partial charge in [0.05, 0.1) is 18.4 Å². The van der Waals surface area contributed by atoms with Gasteiger partial charge in [-0.2, -0.15) is 0 Å². The van der Waals surface area contributed by atoms with Crippen molar-refractivity contribution in [3.63, 3.8) is 0 Å². The fraction of sp³-hybridized carbons (Fsp3) is 0.167. The van der Waals surface area contributed by atoms with Crippen molar-refractivity contribution in [3.05, 3.63) is 89.5 Å². The number of ether oxygens (including phenoxy) is 1. The van der Waals surface area contributed by atoms with Crippen molar-refractivity contribution >= 4 is 23.2 Å². The molecule has 0 aliphatic heterocycles. The minimum Gasteiger partial charge on any atom is -0.497 e. The lowest BCUT2D eigenvalue weighted by atomic mass is 10.1. The van der Waals surface area contributed by atoms with E-state index in [1.807, 2.05) is 43.3 Å². The lowest BCUT2D eigenvalue weighted by Gasteiger charge is -2.14. The molecule has 3 aromatic rings. The van der Waals surface area contributed by atoms with Gasteiger partial charge in [0, 0.05) is 31.9 Å². The summed E-state index contributed by atoms with van der Waals surface area (Å²) in [5.41, 5.74) is 3.43. The first-order chi connectivity index (χ1) is 14.5. The molecule has 0 aliphatic carbocycles. The molecule has 3 aromatic carbocycles. The predicted molar refractivity (Wildman–Crippen MR) is 119 cm³/mol. The van der Waals surface area contributed by atoms with E-state index >= 15 is 0 Å². The lowest BCUT2D eigenvalue weighted by Crippen LogP contribution is -2.25. The van der Waals surface area contributed by atoms with E-state index in [1.165, 1.54) is 0 Å². The van der Waals surface area contributed by atoms with Crippen LogP contribution in [0, 0.1) is 0 Å². The SMILES string of the molecule is COc1ccc(C(=O)Nc2ccccc2C(=O)NCc2ccc(N(C)C)cc2)cc1. The summed E-state index contributed by atoms with van der Waals surface area (Å²) in [7, 11) is 5.53. The molecular weight excluding hydrogens is 378 g/mol. The van der Waals surface area contributed by atoms with E-state index in [-0.39, 0.29) is 11.8 Å². The highest BCUT2D eigenvalue weighted by molar-refractivity contribution is 6.09. The molecule has 0 atom stereocenters. The monoisotopic (exact) mass is 403 g/mol. The smallest absolute Gasteiger partial charge is 0.255 e. The highest BCUT2D eigenvalue weighted by Crippen LogP contribution is 2.18. The zero-order chi connectivity index (χ0) is 21.5. The zero-order valence-electron chi connectivity index (χ0n) is 17.3. The average molecular weight is 403 g/mol. The van der Waals surface area contributed by atoms with Crippen LogP contribution in [0.5, 0.6) is 5.75 Å². The van der Waals surface area contributed by atoms with Crippen molar-refractivity contribution < 1.29 is 14.3 Å². The third-order valence-electron chi connectivity index (χ3n) is 4.68. The molecule has 0 radical (unpaired) electrons. The van der Waals surface area contributed by atoms with E-state index in [9.17, 15) is 9.59 Å². The molecule has 6 nitrogen and oxygen atoms in total. The highest BCUT2D eigenvalue weighted by atomic mass is 16.5. The van der Waals surface area contributed by atoms with Gasteiger partial charge in [0.1, 0.15) is 5.75 Å². The Morgan fingerprint density at radius 3 is 2.17 bits per heavy atom. The first-order valence-electron chi connectivity index (χ1n) is 9.57. The summed E-state index contributed by atoms with van der Waals surface area (Å²) in [4.78, 5) is 27.3. The number of carbonyl (C=O) groups excluding carboxylic acids is 2. The number of amides is 2. The molecule has 154 valence electrons. The Hall–Kier alpha value is -3.80. The molecule has 0 bridgehead atoms. The maximum Gasteiger partial charge on any atom is 0.255 e. The van der Waals surface area contributed by atoms with Crippen LogP contribution in [-0.2, 0) is 6.54 Å². The van der Waals surface area contributed by atoms with E-state index in [2.05, 4.69) is 10.6 Å². The third-order valence-corrected chi connectivity index (χ3v) is 4.68. The van der Waals surface area contributed by atoms with Crippen molar-refractivity contribution in [2.24, 2.45) is 0 Å². The first kappa shape index (κ1) is 20.9. The normalized spacial score (nSPS) is 10.2. The predicted octanol–water partition coefficient (Wildman–Crippen LogP) is 3.94. The van der Waals surface area contributed by atoms with Gasteiger partial charge in [-0.25, -0.2) is 0 Å². The second-order valence-electron chi connectivity index (χ2n) is 6.97. The lowest BCUT2D eigenvalue weighted by molar-refractivity contribution is 0.0952. The maximum absolute atomic E-state index is 12.7. The van der Waals surface area contributed by atoms with E-state index in [1.54, 1.807) is 55.6 Å². The summed E-state index contributed by atoms with van der Waals surface area (Å²) in [5, 5.41) is 5.73. The standard InChI is InChI=1S/C24H25N3O3/c1-27(2)19-12-8-17(9-13-19)16-25-24(29)21-6-4-5-7-22(21)26-23(28)18-10-14-20(30-3)15-11-18/h4-15H,16H2,1-3H3,(H,25,29)(H,26,28). The quantitative estimate of drug-likeness (QED) is 0.627. The Morgan fingerprint density at radius 1 is 0.867 bits per heavy atom. The summed E-state index contributed by atoms with van der Waals surface area (Å²) < 4.78 is 5.11. The summed E-state index contributed by atoms with van der Waals surface area (Å²) in [6.45, 7) is 0.396. The molecular formula is C24H25N3O3. The average Bonchev–Trinajstić information content (AvgIpc) is 2.78. The van der Waals surface area contributed by atoms with Crippen LogP contribution in [0.1, 0.15) is 26.3 Å². The van der Waals surface area contributed by atoms with Crippen LogP contribution in [0.4, 0.5) is 11.4 Å². The molecule has 0 fully saturated rings. The van der Waals surface area contributed by atoms with Crippen molar-refractivity contribution in [3.8, 4) is 5.75 Å². The van der Waals surface area contributed by atoms with Gasteiger partial charge in [0.2, 0.25) is 0 Å². The molecule has 0 aliphatic rings. The summed E-state index contributed by atoms with van der Waals surface area (Å²) in [6, 6.07) is 21.7. The van der Waals surface area contributed by atoms with Crippen LogP contribution in [-0.4, -0.2) is 33.0 Å². The zero-order valence-corrected chi connectivity index (χ0v) is 17.3. The third kappa shape index (κ3) is 5.17. The second-order valence-corrected chi connectivity index (χ2v) is 6.97. The number of rotatable bonds is 7. The van der Waals surface area contributed by atoms with Gasteiger partial charge >= 0.3 is 0 Å². The molecule has 30 heavy (non-hydrogen) atoms. The number of carbonyl (C=O) groups is 2. The van der Waals surface area contributed by atoms with Gasteiger partial charge in [0.25, 0.3) is 11.8 Å². The van der Waals surface area contributed by atoms with E-state index in [0.29, 0.717) is 29.1 Å². The Labute approximate surface area is 176 Å². The summed E-state index contributed by atoms with van der Waals surface area (Å²) in [6.07, 6.45) is 0. The van der Waals surface area contributed by atoms with Crippen molar-refractivity contribution in [1.29, 1.82) is 0 Å². The van der Waals surface area contributed by atoms with Crippen LogP contribution in [0.15, 0.2) is 72.8 Å². The first-order valence-corrected chi connectivity index (χ1v) is 9.57. The van der Waals surface area contributed by atoms with Crippen molar-refractivity contribution in [2.75, 3.05) is 31.4 Å². The van der Waals surface area contributed by atoms with Crippen LogP contribution >= 0.6 is 0 Å². The molecule has 6 heteroatoms. The summed E-state index contributed by atoms with van der Waals surface area (Å²) >= 11 is 0. The van der Waals surface area contributed by atoms with Gasteiger partial charge in [-0.3, -0.25) is 9.59 Å². The number of benzene rings is 3. The van der Waals surface area contributed by atoms with Crippen LogP contribution in [0.2, 0.25) is 0 Å². The minimum absolute atomic E-state index is 0.252. The van der Waals surface area contributed by atoms with Crippen molar-refractivity contribution in [2.45, 2.75) is 6.54 Å². The molecule has 2 amide bonds. The molecule has 3 rings (SSSR count). The maximum atomic E-state index is 12.7. The van der Waals surface area contributed by atoms with Gasteiger partial charge in [0.15, 0.2) is 0 Å². The molecule has 2 N–H and O–H groups in total. The van der Waals surface area contributed by atoms with Gasteiger partial charge < -0.3 is 20.3 Å². The minimum atomic E-state index is -0.294. The van der Waals surface area contributed by atoms with Gasteiger partial charge in [-0.15, -0.1) is 0 Å². The van der Waals surface area contributed by atoms with Gasteiger partial charge in [-0.1, -0.05) is 24.3 Å². The Bertz CT molecular complexity index is 1010. The van der Waals surface area contributed by atoms with E-state index in [0.717, 1.165) is 11.3 Å². The fourth-order valence-corrected chi connectivity index (χ4v) is 2.92. The largest absolute Gasteiger partial charge is 0.497 e. The number of para-hydroxylation sites is 1. The second kappa shape index (κ2) is 9.60. The number of nitrogens with zero attached hydrogens (tertiary/aromatic N) is 1. The number of methoxy groups -OCH3 is 1. The number of nitrogens with one attached hydrogen (secondary N) is 2. The van der Waals surface area contributed by atoms with Crippen LogP contribution < -0.4 is 20.3 Å².